The molecule has 0 saturated carbocycles. The Morgan fingerprint density at radius 2 is 1.89 bits per heavy atom. The van der Waals surface area contributed by atoms with E-state index < -0.39 is 5.97 Å². The Kier molecular flexibility index (Phi) is 5.54. The van der Waals surface area contributed by atoms with Gasteiger partial charge in [0.25, 0.3) is 5.91 Å². The second kappa shape index (κ2) is 8.03. The molecule has 6 nitrogen and oxygen atoms in total. The average molecular weight is 366 g/mol. The third-order valence-corrected chi connectivity index (χ3v) is 4.45. The number of carbonyl (C=O) groups excluding carboxylic acids is 3. The van der Waals surface area contributed by atoms with E-state index in [0.29, 0.717) is 12.1 Å². The molecular weight excluding hydrogens is 344 g/mol. The number of piperidine rings is 1. The quantitative estimate of drug-likeness (QED) is 0.661. The lowest BCUT2D eigenvalue weighted by Crippen LogP contribution is -2.35. The maximum absolute atomic E-state index is 12.6. The molecule has 0 bridgehead atoms. The molecular formula is C21H22N2O4. The first-order valence-corrected chi connectivity index (χ1v) is 8.95. The summed E-state index contributed by atoms with van der Waals surface area (Å²) in [5.74, 6) is -0.499. The number of amides is 2. The Bertz CT molecular complexity index is 892. The number of benzene rings is 2. The second-order valence-corrected chi connectivity index (χ2v) is 6.55. The predicted octanol–water partition coefficient (Wildman–Crippen LogP) is 3.69. The summed E-state index contributed by atoms with van der Waals surface area (Å²) in [5.41, 5.74) is 2.68. The third kappa shape index (κ3) is 4.34. The van der Waals surface area contributed by atoms with Gasteiger partial charge in [-0.2, -0.15) is 0 Å². The first-order chi connectivity index (χ1) is 13.0. The Morgan fingerprint density at radius 3 is 2.59 bits per heavy atom. The minimum absolute atomic E-state index is 0.136. The fraction of sp³-hybridized carbons (Fsp3) is 0.286. The molecule has 0 aliphatic carbocycles. The van der Waals surface area contributed by atoms with Crippen molar-refractivity contribution >= 4 is 29.2 Å². The molecule has 2 amide bonds. The monoisotopic (exact) mass is 366 g/mol. The molecule has 1 aliphatic heterocycles. The molecule has 0 aromatic heterocycles. The van der Waals surface area contributed by atoms with E-state index >= 15 is 0 Å². The number of para-hydroxylation sites is 1. The zero-order valence-corrected chi connectivity index (χ0v) is 15.5. The Labute approximate surface area is 158 Å². The summed E-state index contributed by atoms with van der Waals surface area (Å²) < 4.78 is 5.09. The molecule has 1 heterocycles. The minimum atomic E-state index is -0.485. The number of aryl methyl sites for hydroxylation is 1. The van der Waals surface area contributed by atoms with Crippen LogP contribution in [0.5, 0.6) is 5.75 Å². The number of carbonyl (C=O) groups is 3. The fourth-order valence-electron chi connectivity index (χ4n) is 3.19. The van der Waals surface area contributed by atoms with Gasteiger partial charge < -0.3 is 15.0 Å². The van der Waals surface area contributed by atoms with Crippen molar-refractivity contribution in [1.29, 1.82) is 0 Å². The molecule has 0 unspecified atom stereocenters. The summed E-state index contributed by atoms with van der Waals surface area (Å²) in [4.78, 5) is 37.8. The SMILES string of the molecule is CC(=O)Oc1ccccc1C(=O)Nc1ccc(N2CCCCC2=O)c(C)c1. The molecule has 1 N–H and O–H groups in total. The topological polar surface area (TPSA) is 75.7 Å². The lowest BCUT2D eigenvalue weighted by Gasteiger charge is -2.28. The van der Waals surface area contributed by atoms with Crippen molar-refractivity contribution in [2.45, 2.75) is 33.1 Å². The average Bonchev–Trinajstić information content (AvgIpc) is 2.62. The zero-order valence-electron chi connectivity index (χ0n) is 15.5. The molecule has 0 atom stereocenters. The number of rotatable bonds is 4. The highest BCUT2D eigenvalue weighted by Crippen LogP contribution is 2.28. The molecule has 1 saturated heterocycles. The summed E-state index contributed by atoms with van der Waals surface area (Å²) >= 11 is 0. The molecule has 2 aromatic carbocycles. The number of ether oxygens (including phenoxy) is 1. The van der Waals surface area contributed by atoms with Crippen LogP contribution < -0.4 is 15.0 Å². The Morgan fingerprint density at radius 1 is 1.11 bits per heavy atom. The van der Waals surface area contributed by atoms with E-state index in [9.17, 15) is 14.4 Å². The van der Waals surface area contributed by atoms with Crippen LogP contribution in [0.4, 0.5) is 11.4 Å². The molecule has 140 valence electrons. The molecule has 2 aromatic rings. The van der Waals surface area contributed by atoms with Gasteiger partial charge in [-0.05, 0) is 55.7 Å². The van der Waals surface area contributed by atoms with Crippen molar-refractivity contribution < 1.29 is 19.1 Å². The van der Waals surface area contributed by atoms with Crippen molar-refractivity contribution in [3.8, 4) is 5.75 Å². The van der Waals surface area contributed by atoms with Gasteiger partial charge in [-0.25, -0.2) is 0 Å². The lowest BCUT2D eigenvalue weighted by molar-refractivity contribution is -0.131. The van der Waals surface area contributed by atoms with E-state index in [1.807, 2.05) is 19.1 Å². The number of nitrogens with one attached hydrogen (secondary N) is 1. The van der Waals surface area contributed by atoms with E-state index in [2.05, 4.69) is 5.32 Å². The Hall–Kier alpha value is -3.15. The maximum Gasteiger partial charge on any atom is 0.308 e. The predicted molar refractivity (Wildman–Crippen MR) is 103 cm³/mol. The highest BCUT2D eigenvalue weighted by Gasteiger charge is 2.21. The van der Waals surface area contributed by atoms with Crippen LogP contribution in [0.3, 0.4) is 0 Å². The largest absolute Gasteiger partial charge is 0.426 e. The van der Waals surface area contributed by atoms with Gasteiger partial charge in [-0.15, -0.1) is 0 Å². The molecule has 1 fully saturated rings. The highest BCUT2D eigenvalue weighted by molar-refractivity contribution is 6.06. The van der Waals surface area contributed by atoms with Gasteiger partial charge in [-0.3, -0.25) is 14.4 Å². The van der Waals surface area contributed by atoms with Gasteiger partial charge in [0.2, 0.25) is 5.91 Å². The van der Waals surface area contributed by atoms with E-state index in [0.717, 1.165) is 30.6 Å². The summed E-state index contributed by atoms with van der Waals surface area (Å²) in [6.07, 6.45) is 2.51. The molecule has 6 heteroatoms. The molecule has 0 radical (unpaired) electrons. The molecule has 1 aliphatic rings. The van der Waals surface area contributed by atoms with Crippen LogP contribution in [-0.4, -0.2) is 24.3 Å². The van der Waals surface area contributed by atoms with Gasteiger partial charge in [0, 0.05) is 31.3 Å². The van der Waals surface area contributed by atoms with Crippen LogP contribution >= 0.6 is 0 Å². The van der Waals surface area contributed by atoms with Crippen molar-refractivity contribution in [2.24, 2.45) is 0 Å². The number of esters is 1. The summed E-state index contributed by atoms with van der Waals surface area (Å²) in [7, 11) is 0. The number of hydrogen-bond donors (Lipinski definition) is 1. The van der Waals surface area contributed by atoms with Crippen LogP contribution in [0.1, 0.15) is 42.1 Å². The van der Waals surface area contributed by atoms with Crippen molar-refractivity contribution in [3.63, 3.8) is 0 Å². The van der Waals surface area contributed by atoms with E-state index in [1.165, 1.54) is 6.92 Å². The maximum atomic E-state index is 12.6. The fourth-order valence-corrected chi connectivity index (χ4v) is 3.19. The van der Waals surface area contributed by atoms with Crippen LogP contribution in [0.15, 0.2) is 42.5 Å². The van der Waals surface area contributed by atoms with E-state index in [1.54, 1.807) is 35.2 Å². The summed E-state index contributed by atoms with van der Waals surface area (Å²) in [6, 6.07) is 12.0. The first kappa shape index (κ1) is 18.6. The van der Waals surface area contributed by atoms with Gasteiger partial charge in [0.1, 0.15) is 5.75 Å². The smallest absolute Gasteiger partial charge is 0.308 e. The number of nitrogens with zero attached hydrogens (tertiary/aromatic N) is 1. The van der Waals surface area contributed by atoms with Crippen molar-refractivity contribution in [1.82, 2.24) is 0 Å². The third-order valence-electron chi connectivity index (χ3n) is 4.45. The van der Waals surface area contributed by atoms with Crippen LogP contribution in [0, 0.1) is 6.92 Å². The van der Waals surface area contributed by atoms with Gasteiger partial charge in [0.05, 0.1) is 5.56 Å². The van der Waals surface area contributed by atoms with E-state index in [4.69, 9.17) is 4.74 Å². The highest BCUT2D eigenvalue weighted by atomic mass is 16.5. The van der Waals surface area contributed by atoms with Crippen molar-refractivity contribution in [3.05, 3.63) is 53.6 Å². The molecule has 3 rings (SSSR count). The van der Waals surface area contributed by atoms with Crippen LogP contribution in [0.25, 0.3) is 0 Å². The van der Waals surface area contributed by atoms with Crippen LogP contribution in [0.2, 0.25) is 0 Å². The second-order valence-electron chi connectivity index (χ2n) is 6.55. The van der Waals surface area contributed by atoms with Crippen LogP contribution in [-0.2, 0) is 9.59 Å². The van der Waals surface area contributed by atoms with Gasteiger partial charge >= 0.3 is 5.97 Å². The molecule has 27 heavy (non-hydrogen) atoms. The molecule has 0 spiro atoms. The van der Waals surface area contributed by atoms with E-state index in [-0.39, 0.29) is 23.1 Å². The standard InChI is InChI=1S/C21H22N2O4/c1-14-13-16(10-11-18(14)23-12-6-5-9-20(23)25)22-21(26)17-7-3-4-8-19(17)27-15(2)24/h3-4,7-8,10-11,13H,5-6,9,12H2,1-2H3,(H,22,26). The van der Waals surface area contributed by atoms with Gasteiger partial charge in [-0.1, -0.05) is 12.1 Å². The number of anilines is 2. The number of hydrogen-bond acceptors (Lipinski definition) is 4. The Balaban J connectivity index is 1.78. The lowest BCUT2D eigenvalue weighted by atomic mass is 10.1. The zero-order chi connectivity index (χ0) is 19.4. The summed E-state index contributed by atoms with van der Waals surface area (Å²) in [6.45, 7) is 3.93. The normalized spacial score (nSPS) is 14.0. The summed E-state index contributed by atoms with van der Waals surface area (Å²) in [5, 5.41) is 2.82. The first-order valence-electron chi connectivity index (χ1n) is 8.95. The minimum Gasteiger partial charge on any atom is -0.426 e. The van der Waals surface area contributed by atoms with Gasteiger partial charge in [0.15, 0.2) is 0 Å². The van der Waals surface area contributed by atoms with Crippen molar-refractivity contribution in [2.75, 3.05) is 16.8 Å².